The molecule has 1 unspecified atom stereocenters. The van der Waals surface area contributed by atoms with Crippen LogP contribution in [0, 0.1) is 0 Å². The predicted octanol–water partition coefficient (Wildman–Crippen LogP) is 4.69. The number of carboxylic acid groups (broad SMARTS) is 1. The van der Waals surface area contributed by atoms with Crippen molar-refractivity contribution in [2.75, 3.05) is 6.54 Å². The van der Waals surface area contributed by atoms with Crippen LogP contribution in [-0.2, 0) is 13.0 Å². The number of rotatable bonds is 9. The van der Waals surface area contributed by atoms with Crippen molar-refractivity contribution in [1.82, 2.24) is 14.9 Å². The summed E-state index contributed by atoms with van der Waals surface area (Å²) in [5.74, 6) is -0.952. The Labute approximate surface area is 197 Å². The molecule has 0 spiro atoms. The molecule has 0 aliphatic heterocycles. The number of aliphatic hydroxyl groups is 1. The minimum atomic E-state index is -0.952. The molecule has 0 amide bonds. The maximum atomic E-state index is 11.9. The number of benzene rings is 2. The lowest BCUT2D eigenvalue weighted by molar-refractivity contribution is 0.0686. The van der Waals surface area contributed by atoms with E-state index in [1.165, 1.54) is 0 Å². The summed E-state index contributed by atoms with van der Waals surface area (Å²) in [6, 6.07) is 18.9. The number of fused-ring (bicyclic) bond motifs is 1. The number of nitrogens with one attached hydrogen (secondary N) is 1. The molecule has 6 nitrogen and oxygen atoms in total. The first kappa shape index (κ1) is 23.0. The highest BCUT2D eigenvalue weighted by Gasteiger charge is 2.16. The highest BCUT2D eigenvalue weighted by Crippen LogP contribution is 2.24. The number of halogens is 1. The minimum Gasteiger partial charge on any atom is -0.477 e. The molecule has 2 aromatic carbocycles. The molecule has 2 heterocycles. The third-order valence-corrected chi connectivity index (χ3v) is 5.95. The van der Waals surface area contributed by atoms with E-state index in [9.17, 15) is 15.0 Å². The van der Waals surface area contributed by atoms with Crippen LogP contribution in [0.5, 0.6) is 0 Å². The maximum absolute atomic E-state index is 11.9. The number of aliphatic hydroxyl groups excluding tert-OH is 1. The van der Waals surface area contributed by atoms with E-state index in [0.29, 0.717) is 18.1 Å². The van der Waals surface area contributed by atoms with Crippen LogP contribution in [0.2, 0.25) is 5.02 Å². The number of carboxylic acids is 1. The van der Waals surface area contributed by atoms with E-state index in [4.69, 9.17) is 11.6 Å². The average Bonchev–Trinajstić information content (AvgIpc) is 3.16. The number of hydrogen-bond acceptors (Lipinski definition) is 4. The van der Waals surface area contributed by atoms with Gasteiger partial charge < -0.3 is 20.1 Å². The van der Waals surface area contributed by atoms with Crippen molar-refractivity contribution in [1.29, 1.82) is 0 Å². The van der Waals surface area contributed by atoms with Gasteiger partial charge in [0.1, 0.15) is 5.69 Å². The largest absolute Gasteiger partial charge is 0.477 e. The third-order valence-electron chi connectivity index (χ3n) is 5.71. The number of hydrogen-bond donors (Lipinski definition) is 3. The quantitative estimate of drug-likeness (QED) is 0.335. The normalized spacial score (nSPS) is 13.2. The van der Waals surface area contributed by atoms with Crippen molar-refractivity contribution in [2.24, 2.45) is 0 Å². The molecule has 0 aliphatic rings. The van der Waals surface area contributed by atoms with E-state index in [1.807, 2.05) is 47.0 Å². The summed E-state index contributed by atoms with van der Waals surface area (Å²) in [5, 5.41) is 25.0. The lowest BCUT2D eigenvalue weighted by Crippen LogP contribution is -2.32. The van der Waals surface area contributed by atoms with Gasteiger partial charge in [-0.2, -0.15) is 0 Å². The summed E-state index contributed by atoms with van der Waals surface area (Å²) in [6.45, 7) is 2.94. The molecule has 0 aliphatic carbocycles. The Morgan fingerprint density at radius 3 is 2.61 bits per heavy atom. The summed E-state index contributed by atoms with van der Waals surface area (Å²) < 4.78 is 1.82. The van der Waals surface area contributed by atoms with Crippen molar-refractivity contribution in [3.05, 3.63) is 100 Å². The Kier molecular flexibility index (Phi) is 7.08. The van der Waals surface area contributed by atoms with Crippen LogP contribution in [0.3, 0.4) is 0 Å². The monoisotopic (exact) mass is 463 g/mol. The Balaban J connectivity index is 1.47. The van der Waals surface area contributed by atoms with E-state index in [1.54, 1.807) is 30.6 Å². The van der Waals surface area contributed by atoms with Crippen molar-refractivity contribution in [3.8, 4) is 0 Å². The SMILES string of the molecule is CC(Cc1ccc2c(c1)cc(C(=O)O)n2Cc1ccncc1)NC[C@H](O)c1cccc(Cl)c1. The van der Waals surface area contributed by atoms with Crippen molar-refractivity contribution in [2.45, 2.75) is 32.0 Å². The first-order valence-corrected chi connectivity index (χ1v) is 11.2. The number of nitrogens with zero attached hydrogens (tertiary/aromatic N) is 2. The molecule has 7 heteroatoms. The smallest absolute Gasteiger partial charge is 0.352 e. The van der Waals surface area contributed by atoms with Crippen molar-refractivity contribution >= 4 is 28.5 Å². The second kappa shape index (κ2) is 10.2. The molecule has 0 radical (unpaired) electrons. The van der Waals surface area contributed by atoms with Gasteiger partial charge in [0.05, 0.1) is 6.10 Å². The molecular formula is C26H26ClN3O3. The van der Waals surface area contributed by atoms with Crippen LogP contribution in [0.1, 0.15) is 40.2 Å². The molecule has 0 fully saturated rings. The Morgan fingerprint density at radius 2 is 1.88 bits per heavy atom. The number of carbonyl (C=O) groups is 1. The van der Waals surface area contributed by atoms with Gasteiger partial charge in [-0.3, -0.25) is 4.98 Å². The first-order chi connectivity index (χ1) is 15.9. The molecule has 0 saturated heterocycles. The molecule has 0 bridgehead atoms. The zero-order valence-electron chi connectivity index (χ0n) is 18.3. The highest BCUT2D eigenvalue weighted by atomic mass is 35.5. The highest BCUT2D eigenvalue weighted by molar-refractivity contribution is 6.30. The van der Waals surface area contributed by atoms with Crippen LogP contribution in [0.4, 0.5) is 0 Å². The van der Waals surface area contributed by atoms with Gasteiger partial charge in [-0.05, 0) is 72.5 Å². The average molecular weight is 464 g/mol. The zero-order chi connectivity index (χ0) is 23.4. The van der Waals surface area contributed by atoms with Gasteiger partial charge in [-0.1, -0.05) is 29.8 Å². The fourth-order valence-electron chi connectivity index (χ4n) is 4.04. The van der Waals surface area contributed by atoms with Gasteiger partial charge in [0.25, 0.3) is 0 Å². The van der Waals surface area contributed by atoms with Gasteiger partial charge in [0.2, 0.25) is 0 Å². The fourth-order valence-corrected chi connectivity index (χ4v) is 4.23. The predicted molar refractivity (Wildman–Crippen MR) is 130 cm³/mol. The molecule has 4 aromatic rings. The molecule has 170 valence electrons. The molecule has 3 N–H and O–H groups in total. The zero-order valence-corrected chi connectivity index (χ0v) is 19.0. The lowest BCUT2D eigenvalue weighted by atomic mass is 10.0. The van der Waals surface area contributed by atoms with E-state index < -0.39 is 12.1 Å². The fraction of sp³-hybridized carbons (Fsp3) is 0.231. The summed E-state index contributed by atoms with van der Waals surface area (Å²) in [6.07, 6.45) is 3.51. The second-order valence-corrected chi connectivity index (χ2v) is 8.69. The lowest BCUT2D eigenvalue weighted by Gasteiger charge is -2.18. The van der Waals surface area contributed by atoms with E-state index >= 15 is 0 Å². The minimum absolute atomic E-state index is 0.120. The Morgan fingerprint density at radius 1 is 1.09 bits per heavy atom. The molecule has 2 aromatic heterocycles. The Bertz CT molecular complexity index is 1260. The van der Waals surface area contributed by atoms with E-state index in [2.05, 4.69) is 17.2 Å². The standard InChI is InChI=1S/C26H26ClN3O3/c1-17(29-15-25(31)20-3-2-4-22(27)13-20)11-19-5-6-23-21(12-19)14-24(26(32)33)30(23)16-18-7-9-28-10-8-18/h2-10,12-14,17,25,29,31H,11,15-16H2,1H3,(H,32,33)/t17?,25-/m0/s1. The first-order valence-electron chi connectivity index (χ1n) is 10.8. The third kappa shape index (κ3) is 5.60. The van der Waals surface area contributed by atoms with Crippen molar-refractivity contribution in [3.63, 3.8) is 0 Å². The van der Waals surface area contributed by atoms with Gasteiger partial charge >= 0.3 is 5.97 Å². The summed E-state index contributed by atoms with van der Waals surface area (Å²) in [7, 11) is 0. The topological polar surface area (TPSA) is 87.4 Å². The molecular weight excluding hydrogens is 438 g/mol. The van der Waals surface area contributed by atoms with Crippen LogP contribution in [0.25, 0.3) is 10.9 Å². The van der Waals surface area contributed by atoms with Crippen molar-refractivity contribution < 1.29 is 15.0 Å². The molecule has 0 saturated carbocycles. The van der Waals surface area contributed by atoms with E-state index in [-0.39, 0.29) is 11.7 Å². The summed E-state index contributed by atoms with van der Waals surface area (Å²) >= 11 is 6.01. The molecule has 4 rings (SSSR count). The number of pyridine rings is 1. The molecule has 33 heavy (non-hydrogen) atoms. The van der Waals surface area contributed by atoms with E-state index in [0.717, 1.165) is 34.0 Å². The Hall–Kier alpha value is -3.19. The van der Waals surface area contributed by atoms with Crippen LogP contribution >= 0.6 is 11.6 Å². The molecule has 2 atom stereocenters. The van der Waals surface area contributed by atoms with Crippen LogP contribution < -0.4 is 5.32 Å². The van der Waals surface area contributed by atoms with Crippen LogP contribution in [-0.4, -0.2) is 38.3 Å². The summed E-state index contributed by atoms with van der Waals surface area (Å²) in [5.41, 5.74) is 4.00. The second-order valence-electron chi connectivity index (χ2n) is 8.25. The van der Waals surface area contributed by atoms with Gasteiger partial charge in [-0.25, -0.2) is 4.79 Å². The van der Waals surface area contributed by atoms with Gasteiger partial charge in [-0.15, -0.1) is 0 Å². The van der Waals surface area contributed by atoms with Crippen LogP contribution in [0.15, 0.2) is 73.1 Å². The summed E-state index contributed by atoms with van der Waals surface area (Å²) in [4.78, 5) is 15.9. The van der Waals surface area contributed by atoms with Gasteiger partial charge in [0, 0.05) is 47.5 Å². The number of aromatic carboxylic acids is 1. The number of aromatic nitrogens is 2. The van der Waals surface area contributed by atoms with Gasteiger partial charge in [0.15, 0.2) is 0 Å². The maximum Gasteiger partial charge on any atom is 0.352 e.